The van der Waals surface area contributed by atoms with Crippen LogP contribution in [-0.4, -0.2) is 37.3 Å². The minimum absolute atomic E-state index is 0.174. The normalized spacial score (nSPS) is 12.0. The lowest BCUT2D eigenvalue weighted by molar-refractivity contribution is 0.0285. The Morgan fingerprint density at radius 1 is 1.10 bits per heavy atom. The topological polar surface area (TPSA) is 104 Å². The number of nitrogens with one attached hydrogen (secondary N) is 2. The van der Waals surface area contributed by atoms with E-state index in [4.69, 9.17) is 4.74 Å². The highest BCUT2D eigenvalue weighted by Gasteiger charge is 2.13. The summed E-state index contributed by atoms with van der Waals surface area (Å²) in [6.07, 6.45) is 6.99. The van der Waals surface area contributed by atoms with E-state index >= 15 is 0 Å². The molecule has 0 saturated carbocycles. The number of fused-ring (bicyclic) bond motifs is 1. The Bertz CT molecular complexity index is 1250. The van der Waals surface area contributed by atoms with Gasteiger partial charge in [-0.15, -0.1) is 0 Å². The molecule has 0 aliphatic carbocycles. The second kappa shape index (κ2) is 7.96. The predicted molar refractivity (Wildman–Crippen MR) is 117 cm³/mol. The second-order valence-corrected chi connectivity index (χ2v) is 7.65. The summed E-state index contributed by atoms with van der Waals surface area (Å²) in [5.74, 6) is 0.705. The van der Waals surface area contributed by atoms with Gasteiger partial charge in [0.2, 0.25) is 0 Å². The Balaban J connectivity index is 1.50. The van der Waals surface area contributed by atoms with E-state index in [2.05, 4.69) is 19.9 Å². The Labute approximate surface area is 173 Å². The number of ether oxygens (including phenoxy) is 1. The highest BCUT2D eigenvalue weighted by molar-refractivity contribution is 5.82. The molecule has 0 aliphatic heterocycles. The summed E-state index contributed by atoms with van der Waals surface area (Å²) in [5, 5.41) is 10.3. The lowest BCUT2D eigenvalue weighted by Gasteiger charge is -2.17. The SMILES string of the molecule is CC(C)(O)COc1ccc(C=Cc2cc(-c3cc4c(=O)[nH]cnc4[nH]3)ccn2)cc1. The van der Waals surface area contributed by atoms with Gasteiger partial charge in [-0.2, -0.15) is 0 Å². The van der Waals surface area contributed by atoms with Crippen molar-refractivity contribution in [2.45, 2.75) is 19.4 Å². The van der Waals surface area contributed by atoms with E-state index in [1.54, 1.807) is 26.1 Å². The lowest BCUT2D eigenvalue weighted by atomic mass is 10.1. The van der Waals surface area contributed by atoms with Crippen molar-refractivity contribution in [1.29, 1.82) is 0 Å². The summed E-state index contributed by atoms with van der Waals surface area (Å²) in [6, 6.07) is 13.2. The number of benzene rings is 1. The van der Waals surface area contributed by atoms with Crippen LogP contribution in [0.2, 0.25) is 0 Å². The van der Waals surface area contributed by atoms with Crippen LogP contribution in [0.3, 0.4) is 0 Å². The van der Waals surface area contributed by atoms with Crippen molar-refractivity contribution in [2.75, 3.05) is 6.61 Å². The van der Waals surface area contributed by atoms with Crippen LogP contribution in [0.5, 0.6) is 5.75 Å². The van der Waals surface area contributed by atoms with E-state index in [-0.39, 0.29) is 12.2 Å². The smallest absolute Gasteiger partial charge is 0.260 e. The maximum atomic E-state index is 11.9. The number of hydrogen-bond acceptors (Lipinski definition) is 5. The average molecular weight is 402 g/mol. The van der Waals surface area contributed by atoms with Gasteiger partial charge in [-0.3, -0.25) is 9.78 Å². The van der Waals surface area contributed by atoms with Crippen molar-refractivity contribution in [1.82, 2.24) is 19.9 Å². The molecule has 30 heavy (non-hydrogen) atoms. The van der Waals surface area contributed by atoms with Gasteiger partial charge in [-0.1, -0.05) is 18.2 Å². The van der Waals surface area contributed by atoms with Crippen LogP contribution in [0.4, 0.5) is 0 Å². The van der Waals surface area contributed by atoms with E-state index in [1.165, 1.54) is 6.33 Å². The molecule has 0 unspecified atom stereocenters. The molecule has 3 N–H and O–H groups in total. The van der Waals surface area contributed by atoms with E-state index in [1.807, 2.05) is 48.6 Å². The van der Waals surface area contributed by atoms with Gasteiger partial charge in [0.1, 0.15) is 18.0 Å². The van der Waals surface area contributed by atoms with Crippen LogP contribution in [0, 0.1) is 0 Å². The first-order valence-electron chi connectivity index (χ1n) is 9.54. The summed E-state index contributed by atoms with van der Waals surface area (Å²) in [5.41, 5.74) is 3.01. The first-order chi connectivity index (χ1) is 14.4. The molecule has 0 saturated heterocycles. The maximum absolute atomic E-state index is 11.9. The number of rotatable bonds is 6. The summed E-state index contributed by atoms with van der Waals surface area (Å²) >= 11 is 0. The summed E-state index contributed by atoms with van der Waals surface area (Å²) < 4.78 is 5.57. The minimum Gasteiger partial charge on any atom is -0.491 e. The first kappa shape index (κ1) is 19.6. The molecular weight excluding hydrogens is 380 g/mol. The number of aromatic nitrogens is 4. The third-order valence-electron chi connectivity index (χ3n) is 4.44. The van der Waals surface area contributed by atoms with Crippen molar-refractivity contribution in [3.8, 4) is 17.0 Å². The van der Waals surface area contributed by atoms with Gasteiger partial charge in [0.15, 0.2) is 0 Å². The van der Waals surface area contributed by atoms with Crippen LogP contribution in [0.1, 0.15) is 25.1 Å². The Kier molecular flexibility index (Phi) is 5.20. The number of pyridine rings is 1. The zero-order valence-corrected chi connectivity index (χ0v) is 16.7. The number of hydrogen-bond donors (Lipinski definition) is 3. The van der Waals surface area contributed by atoms with Crippen molar-refractivity contribution in [2.24, 2.45) is 0 Å². The molecule has 7 heteroatoms. The number of H-pyrrole nitrogens is 2. The third-order valence-corrected chi connectivity index (χ3v) is 4.44. The van der Waals surface area contributed by atoms with E-state index in [0.717, 1.165) is 22.5 Å². The Morgan fingerprint density at radius 2 is 1.90 bits per heavy atom. The molecule has 4 aromatic rings. The molecular formula is C23H22N4O3. The minimum atomic E-state index is -0.871. The van der Waals surface area contributed by atoms with Crippen molar-refractivity contribution >= 4 is 23.2 Å². The lowest BCUT2D eigenvalue weighted by Crippen LogP contribution is -2.27. The van der Waals surface area contributed by atoms with Crippen LogP contribution in [-0.2, 0) is 0 Å². The number of aromatic amines is 2. The summed E-state index contributed by atoms with van der Waals surface area (Å²) in [4.78, 5) is 26.2. The van der Waals surface area contributed by atoms with Crippen LogP contribution < -0.4 is 10.3 Å². The molecule has 3 aromatic heterocycles. The van der Waals surface area contributed by atoms with Gasteiger partial charge >= 0.3 is 0 Å². The standard InChI is InChI=1S/C23H22N4O3/c1-23(2,29)13-30-18-7-4-15(5-8-18)3-6-17-11-16(9-10-24-17)20-12-19-21(27-20)25-14-26-22(19)28/h3-12,14,29H,13H2,1-2H3,(H2,25,26,27,28). The molecule has 4 rings (SSSR count). The highest BCUT2D eigenvalue weighted by atomic mass is 16.5. The molecule has 0 atom stereocenters. The molecule has 0 bridgehead atoms. The average Bonchev–Trinajstić information content (AvgIpc) is 3.17. The fraction of sp³-hybridized carbons (Fsp3) is 0.174. The second-order valence-electron chi connectivity index (χ2n) is 7.65. The zero-order chi connectivity index (χ0) is 21.1. The fourth-order valence-electron chi connectivity index (χ4n) is 2.93. The van der Waals surface area contributed by atoms with Crippen LogP contribution in [0.15, 0.2) is 59.8 Å². The monoisotopic (exact) mass is 402 g/mol. The maximum Gasteiger partial charge on any atom is 0.260 e. The predicted octanol–water partition coefficient (Wildman–Crippen LogP) is 3.63. The van der Waals surface area contributed by atoms with Crippen molar-refractivity contribution in [3.63, 3.8) is 0 Å². The van der Waals surface area contributed by atoms with Crippen LogP contribution >= 0.6 is 0 Å². The van der Waals surface area contributed by atoms with Gasteiger partial charge in [0.05, 0.1) is 23.0 Å². The van der Waals surface area contributed by atoms with E-state index in [0.29, 0.717) is 16.8 Å². The highest BCUT2D eigenvalue weighted by Crippen LogP contribution is 2.22. The van der Waals surface area contributed by atoms with Crippen LogP contribution in [0.25, 0.3) is 34.4 Å². The Morgan fingerprint density at radius 3 is 2.63 bits per heavy atom. The molecule has 0 amide bonds. The van der Waals surface area contributed by atoms with Gasteiger partial charge in [0.25, 0.3) is 5.56 Å². The van der Waals surface area contributed by atoms with Crippen molar-refractivity contribution < 1.29 is 9.84 Å². The quantitative estimate of drug-likeness (QED) is 0.457. The molecule has 0 aliphatic rings. The number of aliphatic hydroxyl groups is 1. The van der Waals surface area contributed by atoms with Gasteiger partial charge in [0, 0.05) is 17.5 Å². The zero-order valence-electron chi connectivity index (χ0n) is 16.7. The van der Waals surface area contributed by atoms with Gasteiger partial charge in [-0.25, -0.2) is 4.98 Å². The molecule has 0 fully saturated rings. The van der Waals surface area contributed by atoms with Gasteiger partial charge < -0.3 is 19.8 Å². The fourth-order valence-corrected chi connectivity index (χ4v) is 2.93. The molecule has 0 radical (unpaired) electrons. The molecule has 0 spiro atoms. The van der Waals surface area contributed by atoms with Gasteiger partial charge in [-0.05, 0) is 55.8 Å². The van der Waals surface area contributed by atoms with E-state index in [9.17, 15) is 9.90 Å². The summed E-state index contributed by atoms with van der Waals surface area (Å²) in [6.45, 7) is 3.64. The van der Waals surface area contributed by atoms with Crippen molar-refractivity contribution in [3.05, 3.63) is 76.6 Å². The molecule has 152 valence electrons. The largest absolute Gasteiger partial charge is 0.491 e. The molecule has 1 aromatic carbocycles. The Hall–Kier alpha value is -3.71. The summed E-state index contributed by atoms with van der Waals surface area (Å²) in [7, 11) is 0. The number of nitrogens with zero attached hydrogens (tertiary/aromatic N) is 2. The molecule has 3 heterocycles. The molecule has 7 nitrogen and oxygen atoms in total. The third kappa shape index (κ3) is 4.64. The van der Waals surface area contributed by atoms with E-state index < -0.39 is 5.60 Å². The first-order valence-corrected chi connectivity index (χ1v) is 9.54.